The predicted molar refractivity (Wildman–Crippen MR) is 79.2 cm³/mol. The Labute approximate surface area is 118 Å². The fourth-order valence-corrected chi connectivity index (χ4v) is 1.87. The van der Waals surface area contributed by atoms with Gasteiger partial charge in [0.15, 0.2) is 0 Å². The van der Waals surface area contributed by atoms with Crippen LogP contribution >= 0.6 is 0 Å². The number of carbonyl (C=O) groups excluding carboxylic acids is 1. The average Bonchev–Trinajstić information content (AvgIpc) is 2.87. The molecule has 0 bridgehead atoms. The number of furan rings is 1. The predicted octanol–water partition coefficient (Wildman–Crippen LogP) is 2.72. The highest BCUT2D eigenvalue weighted by Gasteiger charge is 2.02. The SMILES string of the molecule is CCC(O)CCNC(=O)/C=C/c1cc2ccccc2o1. The molecule has 1 aromatic heterocycles. The number of aliphatic hydroxyl groups excluding tert-OH is 1. The lowest BCUT2D eigenvalue weighted by Gasteiger charge is -2.06. The fraction of sp³-hybridized carbons (Fsp3) is 0.312. The monoisotopic (exact) mass is 273 g/mol. The zero-order valence-corrected chi connectivity index (χ0v) is 11.5. The van der Waals surface area contributed by atoms with Crippen LogP contribution in [0.25, 0.3) is 17.0 Å². The highest BCUT2D eigenvalue weighted by Crippen LogP contribution is 2.19. The summed E-state index contributed by atoms with van der Waals surface area (Å²) in [4.78, 5) is 11.6. The molecule has 0 saturated carbocycles. The van der Waals surface area contributed by atoms with E-state index in [9.17, 15) is 9.90 Å². The van der Waals surface area contributed by atoms with Gasteiger partial charge in [-0.05, 0) is 31.1 Å². The fourth-order valence-electron chi connectivity index (χ4n) is 1.87. The largest absolute Gasteiger partial charge is 0.457 e. The van der Waals surface area contributed by atoms with Crippen LogP contribution in [0.2, 0.25) is 0 Å². The summed E-state index contributed by atoms with van der Waals surface area (Å²) in [6.45, 7) is 2.38. The highest BCUT2D eigenvalue weighted by molar-refractivity contribution is 5.92. The number of aliphatic hydroxyl groups is 1. The van der Waals surface area contributed by atoms with Crippen LogP contribution in [0, 0.1) is 0 Å². The van der Waals surface area contributed by atoms with E-state index >= 15 is 0 Å². The topological polar surface area (TPSA) is 62.5 Å². The van der Waals surface area contributed by atoms with E-state index in [1.807, 2.05) is 37.3 Å². The number of benzene rings is 1. The van der Waals surface area contributed by atoms with Crippen LogP contribution in [-0.2, 0) is 4.79 Å². The summed E-state index contributed by atoms with van der Waals surface area (Å²) in [6.07, 6.45) is 4.00. The van der Waals surface area contributed by atoms with Gasteiger partial charge in [0.1, 0.15) is 11.3 Å². The Morgan fingerprint density at radius 3 is 3.00 bits per heavy atom. The van der Waals surface area contributed by atoms with E-state index in [1.54, 1.807) is 6.08 Å². The van der Waals surface area contributed by atoms with Crippen molar-refractivity contribution >= 4 is 23.0 Å². The van der Waals surface area contributed by atoms with E-state index in [-0.39, 0.29) is 12.0 Å². The van der Waals surface area contributed by atoms with Gasteiger partial charge < -0.3 is 14.8 Å². The van der Waals surface area contributed by atoms with Gasteiger partial charge in [-0.1, -0.05) is 25.1 Å². The van der Waals surface area contributed by atoms with Gasteiger partial charge in [-0.3, -0.25) is 4.79 Å². The number of fused-ring (bicyclic) bond motifs is 1. The van der Waals surface area contributed by atoms with Crippen molar-refractivity contribution in [3.8, 4) is 0 Å². The Morgan fingerprint density at radius 2 is 2.25 bits per heavy atom. The number of hydrogen-bond acceptors (Lipinski definition) is 3. The lowest BCUT2D eigenvalue weighted by Crippen LogP contribution is -2.25. The van der Waals surface area contributed by atoms with Crippen molar-refractivity contribution in [3.63, 3.8) is 0 Å². The molecule has 4 nitrogen and oxygen atoms in total. The van der Waals surface area contributed by atoms with Crippen molar-refractivity contribution in [2.75, 3.05) is 6.54 Å². The van der Waals surface area contributed by atoms with Gasteiger partial charge in [-0.25, -0.2) is 0 Å². The summed E-state index contributed by atoms with van der Waals surface area (Å²) in [6, 6.07) is 9.59. The minimum absolute atomic E-state index is 0.186. The van der Waals surface area contributed by atoms with Gasteiger partial charge in [-0.15, -0.1) is 0 Å². The van der Waals surface area contributed by atoms with Gasteiger partial charge in [0.05, 0.1) is 6.10 Å². The van der Waals surface area contributed by atoms with Crippen LogP contribution in [0.4, 0.5) is 0 Å². The first-order valence-electron chi connectivity index (χ1n) is 6.81. The summed E-state index contributed by atoms with van der Waals surface area (Å²) in [7, 11) is 0. The van der Waals surface area contributed by atoms with E-state index in [2.05, 4.69) is 5.32 Å². The first kappa shape index (κ1) is 14.3. The van der Waals surface area contributed by atoms with Gasteiger partial charge in [0.25, 0.3) is 0 Å². The van der Waals surface area contributed by atoms with Crippen LogP contribution in [0.15, 0.2) is 40.8 Å². The molecule has 0 radical (unpaired) electrons. The van der Waals surface area contributed by atoms with Gasteiger partial charge in [0.2, 0.25) is 5.91 Å². The van der Waals surface area contributed by atoms with E-state index in [4.69, 9.17) is 4.42 Å². The molecule has 4 heteroatoms. The zero-order valence-electron chi connectivity index (χ0n) is 11.5. The molecule has 2 rings (SSSR count). The second-order valence-electron chi connectivity index (χ2n) is 4.66. The Balaban J connectivity index is 1.87. The van der Waals surface area contributed by atoms with E-state index in [0.717, 1.165) is 11.0 Å². The van der Waals surface area contributed by atoms with Gasteiger partial charge >= 0.3 is 0 Å². The van der Waals surface area contributed by atoms with Crippen molar-refractivity contribution in [1.82, 2.24) is 5.32 Å². The first-order chi connectivity index (χ1) is 9.69. The minimum atomic E-state index is -0.352. The number of hydrogen-bond donors (Lipinski definition) is 2. The molecule has 1 aromatic carbocycles. The van der Waals surface area contributed by atoms with Gasteiger partial charge in [-0.2, -0.15) is 0 Å². The number of carbonyl (C=O) groups is 1. The zero-order chi connectivity index (χ0) is 14.4. The molecule has 20 heavy (non-hydrogen) atoms. The average molecular weight is 273 g/mol. The molecule has 106 valence electrons. The molecular weight excluding hydrogens is 254 g/mol. The van der Waals surface area contributed by atoms with Crippen LogP contribution in [0.1, 0.15) is 25.5 Å². The molecule has 1 heterocycles. The normalized spacial score (nSPS) is 12.9. The summed E-state index contributed by atoms with van der Waals surface area (Å²) in [5, 5.41) is 13.1. The maximum atomic E-state index is 11.6. The van der Waals surface area contributed by atoms with Crippen molar-refractivity contribution in [3.05, 3.63) is 42.2 Å². The van der Waals surface area contributed by atoms with E-state index < -0.39 is 0 Å². The van der Waals surface area contributed by atoms with Crippen LogP contribution in [-0.4, -0.2) is 23.7 Å². The summed E-state index contributed by atoms with van der Waals surface area (Å²) < 4.78 is 5.57. The third-order valence-electron chi connectivity index (χ3n) is 3.09. The van der Waals surface area contributed by atoms with Crippen LogP contribution in [0.5, 0.6) is 0 Å². The Bertz CT molecular complexity index is 568. The van der Waals surface area contributed by atoms with Crippen molar-refractivity contribution in [2.45, 2.75) is 25.9 Å². The lowest BCUT2D eigenvalue weighted by atomic mass is 10.2. The third kappa shape index (κ3) is 3.96. The molecule has 0 spiro atoms. The third-order valence-corrected chi connectivity index (χ3v) is 3.09. The number of nitrogens with one attached hydrogen (secondary N) is 1. The molecule has 2 aromatic rings. The molecule has 1 amide bonds. The molecule has 0 aliphatic carbocycles. The maximum Gasteiger partial charge on any atom is 0.244 e. The van der Waals surface area contributed by atoms with Crippen LogP contribution in [0.3, 0.4) is 0 Å². The maximum absolute atomic E-state index is 11.6. The molecule has 0 aliphatic rings. The molecule has 0 fully saturated rings. The molecule has 1 unspecified atom stereocenters. The van der Waals surface area contributed by atoms with Crippen molar-refractivity contribution in [2.24, 2.45) is 0 Å². The van der Waals surface area contributed by atoms with Crippen molar-refractivity contribution in [1.29, 1.82) is 0 Å². The summed E-state index contributed by atoms with van der Waals surface area (Å²) >= 11 is 0. The summed E-state index contributed by atoms with van der Waals surface area (Å²) in [5.41, 5.74) is 0.804. The van der Waals surface area contributed by atoms with Crippen molar-refractivity contribution < 1.29 is 14.3 Å². The smallest absolute Gasteiger partial charge is 0.244 e. The first-order valence-corrected chi connectivity index (χ1v) is 6.81. The van der Waals surface area contributed by atoms with E-state index in [1.165, 1.54) is 6.08 Å². The number of amides is 1. The molecular formula is C16H19NO3. The highest BCUT2D eigenvalue weighted by atomic mass is 16.3. The molecule has 1 atom stereocenters. The summed E-state index contributed by atoms with van der Waals surface area (Å²) in [5.74, 6) is 0.462. The Hall–Kier alpha value is -2.07. The van der Waals surface area contributed by atoms with E-state index in [0.29, 0.717) is 25.1 Å². The molecule has 0 saturated heterocycles. The van der Waals surface area contributed by atoms with Gasteiger partial charge in [0, 0.05) is 18.0 Å². The second kappa shape index (κ2) is 6.91. The number of para-hydroxylation sites is 1. The Morgan fingerprint density at radius 1 is 1.45 bits per heavy atom. The minimum Gasteiger partial charge on any atom is -0.457 e. The Kier molecular flexibility index (Phi) is 4.96. The standard InChI is InChI=1S/C16H19NO3/c1-2-13(18)9-10-17-16(19)8-7-14-11-12-5-3-4-6-15(12)20-14/h3-8,11,13,18H,2,9-10H2,1H3,(H,17,19)/b8-7+. The lowest BCUT2D eigenvalue weighted by molar-refractivity contribution is -0.116. The van der Waals surface area contributed by atoms with Crippen LogP contribution < -0.4 is 5.32 Å². The quantitative estimate of drug-likeness (QED) is 0.795. The second-order valence-corrected chi connectivity index (χ2v) is 4.66. The number of rotatable bonds is 6. The molecule has 2 N–H and O–H groups in total. The molecule has 0 aliphatic heterocycles.